The molecule has 0 aliphatic heterocycles. The first-order valence-electron chi connectivity index (χ1n) is 8.87. The molecule has 10 heteroatoms. The number of carbonyl (C=O) groups excluding carboxylic acids is 2. The summed E-state index contributed by atoms with van der Waals surface area (Å²) in [6, 6.07) is 9.75. The molecule has 2 rings (SSSR count). The van der Waals surface area contributed by atoms with E-state index in [-0.39, 0.29) is 28.5 Å². The van der Waals surface area contributed by atoms with E-state index < -0.39 is 28.5 Å². The molecule has 0 spiro atoms. The molecule has 0 amide bonds. The number of rotatable bonds is 9. The molecule has 0 radical (unpaired) electrons. The predicted molar refractivity (Wildman–Crippen MR) is 108 cm³/mol. The third kappa shape index (κ3) is 5.01. The smallest absolute Gasteiger partial charge is 0.338 e. The molecule has 0 aromatic heterocycles. The predicted octanol–water partition coefficient (Wildman–Crippen LogP) is 2.25. The van der Waals surface area contributed by atoms with Gasteiger partial charge in [-0.2, -0.15) is 0 Å². The number of esters is 2. The van der Waals surface area contributed by atoms with Crippen LogP contribution in [0.5, 0.6) is 11.5 Å². The number of nitrogens with zero attached hydrogens (tertiary/aromatic N) is 1. The van der Waals surface area contributed by atoms with Gasteiger partial charge >= 0.3 is 11.9 Å². The molecule has 2 aromatic rings. The third-order valence-electron chi connectivity index (χ3n) is 4.11. The Hall–Kier alpha value is -3.27. The quantitative estimate of drug-likeness (QED) is 0.550. The minimum Gasteiger partial charge on any atom is -0.493 e. The summed E-state index contributed by atoms with van der Waals surface area (Å²) in [4.78, 5) is 23.6. The zero-order valence-electron chi connectivity index (χ0n) is 17.1. The van der Waals surface area contributed by atoms with Crippen LogP contribution in [-0.4, -0.2) is 54.8 Å². The maximum absolute atomic E-state index is 13.3. The Labute approximate surface area is 175 Å². The first-order chi connectivity index (χ1) is 14.3. The molecular formula is C20H23NO8S. The Balaban J connectivity index is 2.50. The number of hydrogen-bond donors (Lipinski definition) is 0. The molecule has 0 saturated carbocycles. The molecular weight excluding hydrogens is 414 g/mol. The van der Waals surface area contributed by atoms with Crippen LogP contribution in [-0.2, 0) is 24.3 Å². The molecule has 0 N–H and O–H groups in total. The van der Waals surface area contributed by atoms with E-state index in [0.717, 1.165) is 11.4 Å². The zero-order chi connectivity index (χ0) is 22.3. The van der Waals surface area contributed by atoms with Crippen molar-refractivity contribution >= 4 is 27.6 Å². The molecule has 0 atom stereocenters. The second kappa shape index (κ2) is 9.97. The van der Waals surface area contributed by atoms with Crippen LogP contribution in [0.3, 0.4) is 0 Å². The number of ether oxygens (including phenoxy) is 4. The molecule has 2 aromatic carbocycles. The zero-order valence-corrected chi connectivity index (χ0v) is 17.9. The Morgan fingerprint density at radius 3 is 2.10 bits per heavy atom. The number of anilines is 1. The summed E-state index contributed by atoms with van der Waals surface area (Å²) in [6.45, 7) is 1.33. The van der Waals surface area contributed by atoms with E-state index in [0.29, 0.717) is 5.75 Å². The molecule has 0 heterocycles. The van der Waals surface area contributed by atoms with Gasteiger partial charge in [0.2, 0.25) is 0 Å². The van der Waals surface area contributed by atoms with E-state index >= 15 is 0 Å². The highest BCUT2D eigenvalue weighted by Gasteiger charge is 2.29. The van der Waals surface area contributed by atoms with Gasteiger partial charge in [-0.1, -0.05) is 0 Å². The molecule has 0 aliphatic rings. The Kier molecular flexibility index (Phi) is 7.65. The van der Waals surface area contributed by atoms with Crippen molar-refractivity contribution in [3.8, 4) is 11.5 Å². The van der Waals surface area contributed by atoms with Crippen LogP contribution in [0.1, 0.15) is 17.3 Å². The lowest BCUT2D eigenvalue weighted by atomic mass is 10.2. The van der Waals surface area contributed by atoms with Crippen molar-refractivity contribution in [1.29, 1.82) is 0 Å². The van der Waals surface area contributed by atoms with Crippen LogP contribution < -0.4 is 13.8 Å². The van der Waals surface area contributed by atoms with Crippen LogP contribution in [0.2, 0.25) is 0 Å². The van der Waals surface area contributed by atoms with Crippen molar-refractivity contribution in [3.63, 3.8) is 0 Å². The number of sulfonamides is 1. The summed E-state index contributed by atoms with van der Waals surface area (Å²) in [5, 5.41) is 0. The largest absolute Gasteiger partial charge is 0.493 e. The highest BCUT2D eigenvalue weighted by Crippen LogP contribution is 2.32. The van der Waals surface area contributed by atoms with Crippen molar-refractivity contribution in [2.24, 2.45) is 0 Å². The van der Waals surface area contributed by atoms with Gasteiger partial charge in [-0.15, -0.1) is 0 Å². The van der Waals surface area contributed by atoms with Crippen LogP contribution in [0.15, 0.2) is 47.4 Å². The summed E-state index contributed by atoms with van der Waals surface area (Å²) in [5.74, 6) is -0.719. The number of methoxy groups -OCH3 is 3. The topological polar surface area (TPSA) is 108 Å². The summed E-state index contributed by atoms with van der Waals surface area (Å²) in [7, 11) is -0.205. The molecule has 0 saturated heterocycles. The minimum atomic E-state index is -4.18. The standard InChI is InChI=1S/C20H23NO8S/c1-5-29-20(23)14-6-8-15(9-7-14)21(13-19(22)28-4)30(24,25)16-10-11-17(26-2)18(12-16)27-3/h6-12H,5,13H2,1-4H3. The first kappa shape index (κ1) is 23.0. The lowest BCUT2D eigenvalue weighted by Gasteiger charge is -2.24. The highest BCUT2D eigenvalue weighted by molar-refractivity contribution is 7.92. The fourth-order valence-electron chi connectivity index (χ4n) is 2.58. The Morgan fingerprint density at radius 2 is 1.57 bits per heavy atom. The SMILES string of the molecule is CCOC(=O)c1ccc(N(CC(=O)OC)S(=O)(=O)c2ccc(OC)c(OC)c2)cc1. The van der Waals surface area contributed by atoms with Gasteiger partial charge < -0.3 is 18.9 Å². The number of carbonyl (C=O) groups is 2. The fourth-order valence-corrected chi connectivity index (χ4v) is 4.00. The normalized spacial score (nSPS) is 10.8. The molecule has 162 valence electrons. The van der Waals surface area contributed by atoms with Gasteiger partial charge in [0.1, 0.15) is 6.54 Å². The van der Waals surface area contributed by atoms with Gasteiger partial charge in [0.05, 0.1) is 44.1 Å². The molecule has 0 fully saturated rings. The Morgan fingerprint density at radius 1 is 0.933 bits per heavy atom. The van der Waals surface area contributed by atoms with Gasteiger partial charge in [0.15, 0.2) is 11.5 Å². The Bertz CT molecular complexity index is 1000. The second-order valence-electron chi connectivity index (χ2n) is 5.87. The van der Waals surface area contributed by atoms with Crippen molar-refractivity contribution in [2.45, 2.75) is 11.8 Å². The average molecular weight is 437 g/mol. The molecule has 0 aliphatic carbocycles. The van der Waals surface area contributed by atoms with E-state index in [1.165, 1.54) is 56.7 Å². The van der Waals surface area contributed by atoms with Gasteiger partial charge in [-0.25, -0.2) is 13.2 Å². The first-order valence-corrected chi connectivity index (χ1v) is 10.3. The summed E-state index contributed by atoms with van der Waals surface area (Å²) in [6.07, 6.45) is 0. The molecule has 9 nitrogen and oxygen atoms in total. The van der Waals surface area contributed by atoms with Crippen molar-refractivity contribution in [3.05, 3.63) is 48.0 Å². The van der Waals surface area contributed by atoms with Crippen LogP contribution >= 0.6 is 0 Å². The van der Waals surface area contributed by atoms with Gasteiger partial charge in [0.25, 0.3) is 10.0 Å². The van der Waals surface area contributed by atoms with Crippen LogP contribution in [0, 0.1) is 0 Å². The molecule has 0 unspecified atom stereocenters. The molecule has 0 bridgehead atoms. The summed E-state index contributed by atoms with van der Waals surface area (Å²) < 4.78 is 47.4. The minimum absolute atomic E-state index is 0.112. The second-order valence-corrected chi connectivity index (χ2v) is 7.73. The highest BCUT2D eigenvalue weighted by atomic mass is 32.2. The van der Waals surface area contributed by atoms with Crippen molar-refractivity contribution < 1.29 is 37.0 Å². The fraction of sp³-hybridized carbons (Fsp3) is 0.300. The lowest BCUT2D eigenvalue weighted by molar-refractivity contribution is -0.138. The number of hydrogen-bond acceptors (Lipinski definition) is 8. The van der Waals surface area contributed by atoms with Crippen LogP contribution in [0.25, 0.3) is 0 Å². The maximum atomic E-state index is 13.3. The van der Waals surface area contributed by atoms with Crippen LogP contribution in [0.4, 0.5) is 5.69 Å². The van der Waals surface area contributed by atoms with E-state index in [1.54, 1.807) is 6.92 Å². The number of benzene rings is 2. The maximum Gasteiger partial charge on any atom is 0.338 e. The average Bonchev–Trinajstić information content (AvgIpc) is 2.76. The van der Waals surface area contributed by atoms with Crippen molar-refractivity contribution in [2.75, 3.05) is 38.8 Å². The summed E-state index contributed by atoms with van der Waals surface area (Å²) >= 11 is 0. The lowest BCUT2D eigenvalue weighted by Crippen LogP contribution is -2.36. The van der Waals surface area contributed by atoms with Gasteiger partial charge in [-0.05, 0) is 43.3 Å². The molecule has 30 heavy (non-hydrogen) atoms. The van der Waals surface area contributed by atoms with Gasteiger partial charge in [0, 0.05) is 6.07 Å². The van der Waals surface area contributed by atoms with E-state index in [4.69, 9.17) is 14.2 Å². The van der Waals surface area contributed by atoms with E-state index in [2.05, 4.69) is 4.74 Å². The summed E-state index contributed by atoms with van der Waals surface area (Å²) in [5.41, 5.74) is 0.422. The monoisotopic (exact) mass is 437 g/mol. The van der Waals surface area contributed by atoms with Gasteiger partial charge in [-0.3, -0.25) is 9.10 Å². The van der Waals surface area contributed by atoms with E-state index in [9.17, 15) is 18.0 Å². The van der Waals surface area contributed by atoms with E-state index in [1.807, 2.05) is 0 Å². The van der Waals surface area contributed by atoms with Crippen molar-refractivity contribution in [1.82, 2.24) is 0 Å². The third-order valence-corrected chi connectivity index (χ3v) is 5.88.